The molecule has 386 valence electrons. The van der Waals surface area contributed by atoms with Gasteiger partial charge in [0.05, 0.1) is 16.4 Å². The fourth-order valence-corrected chi connectivity index (χ4v) is 12.9. The highest BCUT2D eigenvalue weighted by atomic mass is 16.5. The monoisotopic (exact) mass is 1050 g/mol. The second-order valence-electron chi connectivity index (χ2n) is 21.3. The minimum atomic E-state index is -0.651. The molecule has 0 radical (unpaired) electrons. The van der Waals surface area contributed by atoms with Gasteiger partial charge in [0.25, 0.3) is 0 Å². The minimum absolute atomic E-state index is 0.651. The van der Waals surface area contributed by atoms with Gasteiger partial charge in [-0.25, -0.2) is 0 Å². The van der Waals surface area contributed by atoms with Gasteiger partial charge in [0.2, 0.25) is 0 Å². The van der Waals surface area contributed by atoms with Gasteiger partial charge in [-0.2, -0.15) is 0 Å². The normalized spacial score (nSPS) is 13.5. The Morgan fingerprint density at radius 2 is 0.829 bits per heavy atom. The molecule has 13 aromatic carbocycles. The fourth-order valence-electron chi connectivity index (χ4n) is 12.9. The van der Waals surface area contributed by atoms with Crippen molar-refractivity contribution in [1.29, 1.82) is 0 Å². The van der Waals surface area contributed by atoms with Gasteiger partial charge in [0.15, 0.2) is 0 Å². The molecule has 14 aromatic rings. The lowest BCUT2D eigenvalue weighted by molar-refractivity contribution is 0.482. The molecule has 1 atom stereocenters. The Kier molecular flexibility index (Phi) is 11.7. The molecule has 1 heterocycles. The van der Waals surface area contributed by atoms with Crippen molar-refractivity contribution in [3.05, 3.63) is 338 Å². The van der Waals surface area contributed by atoms with Crippen LogP contribution in [0.3, 0.4) is 0 Å². The molecule has 0 saturated heterocycles. The first-order valence-corrected chi connectivity index (χ1v) is 28.0. The lowest BCUT2D eigenvalue weighted by Crippen LogP contribution is -2.28. The first-order chi connectivity index (χ1) is 40.5. The van der Waals surface area contributed by atoms with Crippen molar-refractivity contribution in [3.63, 3.8) is 0 Å². The molecule has 0 bridgehead atoms. The molecule has 0 fully saturated rings. The number of anilines is 3. The van der Waals surface area contributed by atoms with Crippen LogP contribution in [0.25, 0.3) is 94.6 Å². The van der Waals surface area contributed by atoms with Crippen LogP contribution in [0.1, 0.15) is 33.4 Å². The zero-order chi connectivity index (χ0) is 54.7. The van der Waals surface area contributed by atoms with E-state index < -0.39 is 5.41 Å². The predicted molar refractivity (Wildman–Crippen MR) is 345 cm³/mol. The Balaban J connectivity index is 0.886. The largest absolute Gasteiger partial charge is 0.457 e. The average Bonchev–Trinajstić information content (AvgIpc) is 2.01. The Labute approximate surface area is 477 Å². The van der Waals surface area contributed by atoms with Crippen LogP contribution in [0.15, 0.2) is 304 Å². The molecular weight excluding hydrogens is 993 g/mol. The number of ether oxygens (including phenoxy) is 1. The molecule has 1 aromatic heterocycles. The van der Waals surface area contributed by atoms with Gasteiger partial charge in [-0.15, -0.1) is 0 Å². The quantitative estimate of drug-likeness (QED) is 0.113. The molecule has 3 nitrogen and oxygen atoms in total. The van der Waals surface area contributed by atoms with E-state index in [1.165, 1.54) is 82.3 Å². The van der Waals surface area contributed by atoms with Crippen molar-refractivity contribution in [3.8, 4) is 50.6 Å². The zero-order valence-electron chi connectivity index (χ0n) is 45.1. The Bertz CT molecular complexity index is 4770. The van der Waals surface area contributed by atoms with Crippen LogP contribution in [0.2, 0.25) is 0 Å². The van der Waals surface area contributed by atoms with Gasteiger partial charge in [-0.3, -0.25) is 0 Å². The van der Waals surface area contributed by atoms with E-state index >= 15 is 0 Å². The maximum absolute atomic E-state index is 6.45. The van der Waals surface area contributed by atoms with Crippen molar-refractivity contribution < 1.29 is 4.74 Å². The van der Waals surface area contributed by atoms with Gasteiger partial charge in [-0.1, -0.05) is 219 Å². The van der Waals surface area contributed by atoms with E-state index in [0.717, 1.165) is 62.1 Å². The van der Waals surface area contributed by atoms with E-state index in [2.05, 4.69) is 290 Å². The SMILES string of the molecule is C=Cc1ccc(Oc2ccc(C3(c4ccccc4)c4ccccc4-c4ccc(N(c5ccc(-c6ccc7c(c6)c6cc(-c8ccc(C=C)cc8)ccc6n7-c6ccccc6)cc5)c5ccc6ccc7ccccc7c6c5)cc43)cc2)cc1. The van der Waals surface area contributed by atoms with Crippen LogP contribution < -0.4 is 9.64 Å². The predicted octanol–water partition coefficient (Wildman–Crippen LogP) is 21.3. The summed E-state index contributed by atoms with van der Waals surface area (Å²) >= 11 is 0. The molecule has 15 rings (SSSR count). The molecule has 1 aliphatic carbocycles. The van der Waals surface area contributed by atoms with E-state index in [4.69, 9.17) is 4.74 Å². The number of hydrogen-bond acceptors (Lipinski definition) is 2. The van der Waals surface area contributed by atoms with Gasteiger partial charge < -0.3 is 14.2 Å². The first kappa shape index (κ1) is 48.4. The van der Waals surface area contributed by atoms with Crippen LogP contribution in [0, 0.1) is 0 Å². The Morgan fingerprint density at radius 1 is 0.341 bits per heavy atom. The second-order valence-corrected chi connectivity index (χ2v) is 21.3. The number of para-hydroxylation sites is 1. The summed E-state index contributed by atoms with van der Waals surface area (Å²) in [6, 6.07) is 106. The molecular formula is C79H54N2O. The lowest BCUT2D eigenvalue weighted by atomic mass is 9.67. The van der Waals surface area contributed by atoms with Crippen LogP contribution in [0.4, 0.5) is 17.1 Å². The molecule has 0 saturated carbocycles. The average molecular weight is 1050 g/mol. The van der Waals surface area contributed by atoms with E-state index in [-0.39, 0.29) is 0 Å². The highest BCUT2D eigenvalue weighted by Crippen LogP contribution is 2.57. The summed E-state index contributed by atoms with van der Waals surface area (Å²) in [6.45, 7) is 7.90. The molecule has 82 heavy (non-hydrogen) atoms. The third kappa shape index (κ3) is 8.05. The van der Waals surface area contributed by atoms with Gasteiger partial charge in [0, 0.05) is 33.5 Å². The topological polar surface area (TPSA) is 17.4 Å². The smallest absolute Gasteiger partial charge is 0.127 e. The van der Waals surface area contributed by atoms with E-state index in [0.29, 0.717) is 0 Å². The lowest BCUT2D eigenvalue weighted by Gasteiger charge is -2.35. The standard InChI is InChI=1S/C79H54N2O/c1-3-53-23-27-55(28-24-53)59-34-47-77-73(49-59)74-50-60(35-48-78(74)81(77)63-18-9-6-10-19-63)56-31-38-64(39-32-56)80(65-40-33-58-30-29-57-15-11-12-20-69(57)72(58)51-65)66-41-46-71-70-21-13-14-22-75(70)79(76(71)52-66,61-16-7-5-8-17-61)62-36-44-68(45-37-62)82-67-42-25-54(4-2)26-43-67/h3-52H,1-2H2. The van der Waals surface area contributed by atoms with Crippen LogP contribution in [-0.2, 0) is 5.41 Å². The molecule has 0 spiro atoms. The number of benzene rings is 13. The van der Waals surface area contributed by atoms with E-state index in [1.54, 1.807) is 0 Å². The van der Waals surface area contributed by atoms with Crippen LogP contribution in [-0.4, -0.2) is 4.57 Å². The number of nitrogens with zero attached hydrogens (tertiary/aromatic N) is 2. The highest BCUT2D eigenvalue weighted by Gasteiger charge is 2.46. The zero-order valence-corrected chi connectivity index (χ0v) is 45.1. The maximum atomic E-state index is 6.45. The summed E-state index contributed by atoms with van der Waals surface area (Å²) < 4.78 is 8.84. The van der Waals surface area contributed by atoms with Crippen molar-refractivity contribution >= 4 is 72.6 Å². The fraction of sp³-hybridized carbons (Fsp3) is 0.0127. The molecule has 3 heteroatoms. The van der Waals surface area contributed by atoms with Gasteiger partial charge >= 0.3 is 0 Å². The molecule has 0 aliphatic heterocycles. The summed E-state index contributed by atoms with van der Waals surface area (Å²) in [6.07, 6.45) is 3.74. The maximum Gasteiger partial charge on any atom is 0.127 e. The first-order valence-electron chi connectivity index (χ1n) is 28.0. The van der Waals surface area contributed by atoms with Crippen LogP contribution in [0.5, 0.6) is 11.5 Å². The number of rotatable bonds is 12. The summed E-state index contributed by atoms with van der Waals surface area (Å²) in [5.74, 6) is 1.55. The molecule has 1 aliphatic rings. The van der Waals surface area contributed by atoms with Crippen LogP contribution >= 0.6 is 0 Å². The third-order valence-electron chi connectivity index (χ3n) is 16.8. The highest BCUT2D eigenvalue weighted by molar-refractivity contribution is 6.12. The minimum Gasteiger partial charge on any atom is -0.457 e. The summed E-state index contributed by atoms with van der Waals surface area (Å²) in [7, 11) is 0. The van der Waals surface area contributed by atoms with Crippen molar-refractivity contribution in [2.45, 2.75) is 5.41 Å². The Morgan fingerprint density at radius 3 is 1.50 bits per heavy atom. The molecule has 0 N–H and O–H groups in total. The second kappa shape index (κ2) is 19.9. The van der Waals surface area contributed by atoms with Crippen molar-refractivity contribution in [1.82, 2.24) is 4.57 Å². The molecule has 1 unspecified atom stereocenters. The summed E-state index contributed by atoms with van der Waals surface area (Å²) in [4.78, 5) is 2.44. The molecule has 0 amide bonds. The van der Waals surface area contributed by atoms with E-state index in [1.807, 2.05) is 36.4 Å². The Hall–Kier alpha value is -10.7. The van der Waals surface area contributed by atoms with E-state index in [9.17, 15) is 0 Å². The van der Waals surface area contributed by atoms with Gasteiger partial charge in [0.1, 0.15) is 11.5 Å². The van der Waals surface area contributed by atoms with Crippen molar-refractivity contribution in [2.24, 2.45) is 0 Å². The number of hydrogen-bond donors (Lipinski definition) is 0. The number of aromatic nitrogens is 1. The number of fused-ring (bicyclic) bond motifs is 9. The van der Waals surface area contributed by atoms with Gasteiger partial charge in [-0.05, 0) is 185 Å². The summed E-state index contributed by atoms with van der Waals surface area (Å²) in [5, 5.41) is 7.28. The van der Waals surface area contributed by atoms with Crippen molar-refractivity contribution in [2.75, 3.05) is 4.90 Å². The summed E-state index contributed by atoms with van der Waals surface area (Å²) in [5.41, 5.74) is 20.1. The third-order valence-corrected chi connectivity index (χ3v) is 16.8.